The van der Waals surface area contributed by atoms with Gasteiger partial charge in [-0.2, -0.15) is 0 Å². The van der Waals surface area contributed by atoms with Crippen molar-refractivity contribution in [1.82, 2.24) is 0 Å². The van der Waals surface area contributed by atoms with Crippen molar-refractivity contribution in [2.45, 2.75) is 51.6 Å². The third-order valence-corrected chi connectivity index (χ3v) is 3.89. The topological polar surface area (TPSA) is 53.7 Å². The smallest absolute Gasteiger partial charge is 0.129 e. The molecule has 5 heteroatoms. The van der Waals surface area contributed by atoms with Crippen molar-refractivity contribution in [3.8, 4) is 5.75 Å². The number of hydrogen-bond donors (Lipinski definition) is 1. The van der Waals surface area contributed by atoms with Crippen LogP contribution >= 0.6 is 12.2 Å². The lowest BCUT2D eigenvalue weighted by Gasteiger charge is -2.32. The van der Waals surface area contributed by atoms with Gasteiger partial charge in [0, 0.05) is 0 Å². The van der Waals surface area contributed by atoms with Crippen LogP contribution in [0.4, 0.5) is 0 Å². The third kappa shape index (κ3) is 4.40. The van der Waals surface area contributed by atoms with E-state index in [1.54, 1.807) is 7.11 Å². The van der Waals surface area contributed by atoms with Crippen LogP contribution in [-0.2, 0) is 16.1 Å². The summed E-state index contributed by atoms with van der Waals surface area (Å²) in [6.45, 7) is 4.73. The highest BCUT2D eigenvalue weighted by atomic mass is 32.1. The van der Waals surface area contributed by atoms with E-state index in [0.29, 0.717) is 17.3 Å². The Morgan fingerprint density at radius 3 is 2.57 bits per heavy atom. The molecule has 2 unspecified atom stereocenters. The van der Waals surface area contributed by atoms with Gasteiger partial charge in [0.2, 0.25) is 0 Å². The average Bonchev–Trinajstić information content (AvgIpc) is 2.43. The lowest BCUT2D eigenvalue weighted by atomic mass is 10.0. The minimum absolute atomic E-state index is 0.241. The van der Waals surface area contributed by atoms with Crippen LogP contribution in [0, 0.1) is 0 Å². The Labute approximate surface area is 131 Å². The Morgan fingerprint density at radius 1 is 1.33 bits per heavy atom. The number of nitrogens with two attached hydrogens (primary N) is 1. The molecule has 2 atom stereocenters. The van der Waals surface area contributed by atoms with Crippen molar-refractivity contribution >= 4 is 17.2 Å². The Balaban J connectivity index is 1.98. The summed E-state index contributed by atoms with van der Waals surface area (Å²) < 4.78 is 17.1. The normalized spacial score (nSPS) is 25.6. The predicted octanol–water partition coefficient (Wildman–Crippen LogP) is 2.80. The summed E-state index contributed by atoms with van der Waals surface area (Å²) in [5.74, 6) is 0.692. The Morgan fingerprint density at radius 2 is 2.00 bits per heavy atom. The molecular weight excluding hydrogens is 286 g/mol. The molecule has 1 aromatic carbocycles. The van der Waals surface area contributed by atoms with E-state index in [1.165, 1.54) is 0 Å². The van der Waals surface area contributed by atoms with Gasteiger partial charge in [0.25, 0.3) is 0 Å². The number of methoxy groups -OCH3 is 1. The largest absolute Gasteiger partial charge is 0.496 e. The second-order valence-electron chi connectivity index (χ2n) is 5.56. The molecule has 4 nitrogen and oxygen atoms in total. The van der Waals surface area contributed by atoms with Gasteiger partial charge in [-0.25, -0.2) is 0 Å². The van der Waals surface area contributed by atoms with Gasteiger partial charge in [0.1, 0.15) is 10.7 Å². The predicted molar refractivity (Wildman–Crippen MR) is 86.7 cm³/mol. The van der Waals surface area contributed by atoms with Crippen LogP contribution in [0.1, 0.15) is 37.8 Å². The number of ether oxygens (including phenoxy) is 3. The highest BCUT2D eigenvalue weighted by Crippen LogP contribution is 2.24. The summed E-state index contributed by atoms with van der Waals surface area (Å²) in [6, 6.07) is 5.79. The summed E-state index contributed by atoms with van der Waals surface area (Å²) in [5, 5.41) is 0. The first-order valence-corrected chi connectivity index (χ1v) is 7.64. The molecule has 1 aliphatic rings. The quantitative estimate of drug-likeness (QED) is 0.848. The summed E-state index contributed by atoms with van der Waals surface area (Å²) in [4.78, 5) is 0.339. The molecule has 0 amide bonds. The average molecular weight is 309 g/mol. The summed E-state index contributed by atoms with van der Waals surface area (Å²) in [6.07, 6.45) is 2.62. The number of hydrogen-bond acceptors (Lipinski definition) is 4. The van der Waals surface area contributed by atoms with Crippen molar-refractivity contribution in [3.63, 3.8) is 0 Å². The Hall–Kier alpha value is -1.17. The molecule has 0 aromatic heterocycles. The van der Waals surface area contributed by atoms with Gasteiger partial charge >= 0.3 is 0 Å². The van der Waals surface area contributed by atoms with Gasteiger partial charge in [0.05, 0.1) is 37.6 Å². The monoisotopic (exact) mass is 309 g/mol. The zero-order valence-electron chi connectivity index (χ0n) is 12.8. The molecule has 0 aliphatic carbocycles. The molecule has 0 spiro atoms. The molecule has 0 bridgehead atoms. The van der Waals surface area contributed by atoms with E-state index >= 15 is 0 Å². The van der Waals surface area contributed by atoms with Crippen molar-refractivity contribution in [1.29, 1.82) is 0 Å². The van der Waals surface area contributed by atoms with Gasteiger partial charge in [0.15, 0.2) is 0 Å². The highest BCUT2D eigenvalue weighted by molar-refractivity contribution is 7.80. The van der Waals surface area contributed by atoms with Crippen molar-refractivity contribution in [2.75, 3.05) is 7.11 Å². The molecule has 2 rings (SSSR count). The molecule has 1 saturated heterocycles. The van der Waals surface area contributed by atoms with Crippen LogP contribution in [-0.4, -0.2) is 30.4 Å². The van der Waals surface area contributed by atoms with Crippen LogP contribution in [0.2, 0.25) is 0 Å². The highest BCUT2D eigenvalue weighted by Gasteiger charge is 2.24. The van der Waals surface area contributed by atoms with Crippen molar-refractivity contribution in [2.24, 2.45) is 5.73 Å². The fourth-order valence-corrected chi connectivity index (χ4v) is 2.89. The fraction of sp³-hybridized carbons (Fsp3) is 0.562. The van der Waals surface area contributed by atoms with Crippen LogP contribution < -0.4 is 10.5 Å². The van der Waals surface area contributed by atoms with Crippen LogP contribution in [0.15, 0.2) is 18.2 Å². The van der Waals surface area contributed by atoms with Gasteiger partial charge in [-0.3, -0.25) is 0 Å². The van der Waals surface area contributed by atoms with Crippen molar-refractivity contribution < 1.29 is 14.2 Å². The molecule has 1 heterocycles. The van der Waals surface area contributed by atoms with E-state index < -0.39 is 0 Å². The molecule has 1 aromatic rings. The molecule has 1 aliphatic heterocycles. The lowest BCUT2D eigenvalue weighted by Crippen LogP contribution is -2.33. The van der Waals surface area contributed by atoms with Gasteiger partial charge < -0.3 is 19.9 Å². The molecule has 1 fully saturated rings. The second kappa shape index (κ2) is 7.20. The molecule has 0 saturated carbocycles. The van der Waals surface area contributed by atoms with E-state index in [0.717, 1.165) is 24.0 Å². The summed E-state index contributed by atoms with van der Waals surface area (Å²) in [7, 11) is 1.61. The maximum absolute atomic E-state index is 6.01. The Kier molecular flexibility index (Phi) is 5.56. The molecule has 0 radical (unpaired) electrons. The van der Waals surface area contributed by atoms with Gasteiger partial charge in [-0.1, -0.05) is 18.3 Å². The minimum atomic E-state index is 0.241. The summed E-state index contributed by atoms with van der Waals surface area (Å²) in [5.41, 5.74) is 7.48. The standard InChI is InChI=1S/C16H23NO3S/c1-10-6-13(7-11(2)20-10)19-9-12-4-5-14(16(17)21)15(8-12)18-3/h4-5,8,10-11,13H,6-7,9H2,1-3H3,(H2,17,21). The first kappa shape index (κ1) is 16.2. The van der Waals surface area contributed by atoms with Crippen LogP contribution in [0.25, 0.3) is 0 Å². The zero-order valence-corrected chi connectivity index (χ0v) is 13.6. The zero-order chi connectivity index (χ0) is 15.4. The number of thiocarbonyl (C=S) groups is 1. The minimum Gasteiger partial charge on any atom is -0.496 e. The summed E-state index contributed by atoms with van der Waals surface area (Å²) >= 11 is 5.00. The fourth-order valence-electron chi connectivity index (χ4n) is 2.72. The van der Waals surface area contributed by atoms with Crippen LogP contribution in [0.5, 0.6) is 5.75 Å². The molecule has 2 N–H and O–H groups in total. The maximum Gasteiger partial charge on any atom is 0.129 e. The van der Waals surface area contributed by atoms with Gasteiger partial charge in [-0.05, 0) is 44.4 Å². The number of benzene rings is 1. The SMILES string of the molecule is COc1cc(COC2CC(C)OC(C)C2)ccc1C(N)=S. The van der Waals surface area contributed by atoms with Gasteiger partial charge in [-0.15, -0.1) is 0 Å². The van der Waals surface area contributed by atoms with E-state index in [9.17, 15) is 0 Å². The van der Waals surface area contributed by atoms with E-state index in [2.05, 4.69) is 13.8 Å². The Bertz CT molecular complexity index is 496. The first-order chi connectivity index (χ1) is 9.99. The molecular formula is C16H23NO3S. The molecule has 21 heavy (non-hydrogen) atoms. The number of rotatable bonds is 5. The molecule has 116 valence electrons. The van der Waals surface area contributed by atoms with E-state index in [1.807, 2.05) is 18.2 Å². The van der Waals surface area contributed by atoms with Crippen molar-refractivity contribution in [3.05, 3.63) is 29.3 Å². The maximum atomic E-state index is 6.01. The van der Waals surface area contributed by atoms with Crippen LogP contribution in [0.3, 0.4) is 0 Å². The lowest BCUT2D eigenvalue weighted by molar-refractivity contribution is -0.106. The third-order valence-electron chi connectivity index (χ3n) is 3.67. The first-order valence-electron chi connectivity index (χ1n) is 7.23. The van der Waals surface area contributed by atoms with E-state index in [4.69, 9.17) is 32.2 Å². The second-order valence-corrected chi connectivity index (χ2v) is 6.00. The van der Waals surface area contributed by atoms with E-state index in [-0.39, 0.29) is 18.3 Å².